The monoisotopic (exact) mass is 323 g/mol. The molecule has 118 valence electrons. The number of hydrogen-bond acceptors (Lipinski definition) is 3. The molecule has 3 fully saturated rings. The topological polar surface area (TPSA) is 66.6 Å². The van der Waals surface area contributed by atoms with Crippen molar-refractivity contribution >= 4 is 22.6 Å². The largest absolute Gasteiger partial charge is 0.327 e. The Morgan fingerprint density at radius 3 is 2.45 bits per heavy atom. The molecule has 3 rings (SSSR count). The molecule has 0 bridgehead atoms. The minimum absolute atomic E-state index is 0. The summed E-state index contributed by atoms with van der Waals surface area (Å²) in [5.41, 5.74) is 6.09. The first-order chi connectivity index (χ1) is 8.98. The second-order valence-electron chi connectivity index (χ2n) is 6.60. The number of nitrogens with two attached hydrogens (primary N) is 1. The predicted molar refractivity (Wildman–Crippen MR) is 81.9 cm³/mol. The standard InChI is InChI=1S/C13H25N3O2S.ClH/c1-10-3-2-6-15(7-10)19(17,18)16-8-11-4-5-13(14)12(11)9-16;/h10-13H,2-9,14H2,1H3;1H. The average Bonchev–Trinajstić information content (AvgIpc) is 2.92. The highest BCUT2D eigenvalue weighted by Crippen LogP contribution is 2.39. The van der Waals surface area contributed by atoms with E-state index < -0.39 is 10.2 Å². The molecule has 0 radical (unpaired) electrons. The number of halogens is 1. The van der Waals surface area contributed by atoms with Gasteiger partial charge in [-0.25, -0.2) is 0 Å². The molecule has 2 saturated heterocycles. The number of fused-ring (bicyclic) bond motifs is 1. The maximum atomic E-state index is 12.7. The minimum atomic E-state index is -3.25. The van der Waals surface area contributed by atoms with Crippen LogP contribution in [-0.2, 0) is 10.2 Å². The molecule has 4 unspecified atom stereocenters. The van der Waals surface area contributed by atoms with Crippen LogP contribution >= 0.6 is 12.4 Å². The molecular weight excluding hydrogens is 298 g/mol. The van der Waals surface area contributed by atoms with Crippen LogP contribution < -0.4 is 5.73 Å². The highest BCUT2D eigenvalue weighted by molar-refractivity contribution is 7.86. The van der Waals surface area contributed by atoms with Crippen LogP contribution in [0, 0.1) is 17.8 Å². The van der Waals surface area contributed by atoms with E-state index in [0.29, 0.717) is 43.9 Å². The quantitative estimate of drug-likeness (QED) is 0.826. The Labute approximate surface area is 128 Å². The number of hydrogen-bond donors (Lipinski definition) is 1. The van der Waals surface area contributed by atoms with Gasteiger partial charge in [-0.05, 0) is 43.4 Å². The lowest BCUT2D eigenvalue weighted by atomic mass is 9.98. The first-order valence-corrected chi connectivity index (χ1v) is 8.89. The van der Waals surface area contributed by atoms with E-state index in [2.05, 4.69) is 6.92 Å². The van der Waals surface area contributed by atoms with Gasteiger partial charge in [-0.2, -0.15) is 17.0 Å². The van der Waals surface area contributed by atoms with Gasteiger partial charge in [-0.15, -0.1) is 12.4 Å². The summed E-state index contributed by atoms with van der Waals surface area (Å²) >= 11 is 0. The molecule has 20 heavy (non-hydrogen) atoms. The number of rotatable bonds is 2. The van der Waals surface area contributed by atoms with Crippen LogP contribution in [0.2, 0.25) is 0 Å². The van der Waals surface area contributed by atoms with E-state index in [4.69, 9.17) is 5.73 Å². The molecule has 0 aromatic carbocycles. The highest BCUT2D eigenvalue weighted by atomic mass is 35.5. The van der Waals surface area contributed by atoms with Gasteiger partial charge in [-0.1, -0.05) is 6.92 Å². The maximum Gasteiger partial charge on any atom is 0.282 e. The third-order valence-electron chi connectivity index (χ3n) is 5.15. The van der Waals surface area contributed by atoms with Crippen LogP contribution in [0.3, 0.4) is 0 Å². The average molecular weight is 324 g/mol. The molecule has 4 atom stereocenters. The Hall–Kier alpha value is 0.120. The van der Waals surface area contributed by atoms with Gasteiger partial charge in [0.2, 0.25) is 0 Å². The lowest BCUT2D eigenvalue weighted by Gasteiger charge is -2.33. The Kier molecular flexibility index (Phi) is 5.02. The van der Waals surface area contributed by atoms with Crippen LogP contribution in [0.5, 0.6) is 0 Å². The molecule has 5 nitrogen and oxygen atoms in total. The molecule has 0 amide bonds. The second kappa shape index (κ2) is 6.08. The Balaban J connectivity index is 0.00000147. The molecule has 0 spiro atoms. The summed E-state index contributed by atoms with van der Waals surface area (Å²) in [5, 5.41) is 0. The van der Waals surface area contributed by atoms with Gasteiger partial charge in [0, 0.05) is 32.2 Å². The summed E-state index contributed by atoms with van der Waals surface area (Å²) in [6.07, 6.45) is 4.28. The lowest BCUT2D eigenvalue weighted by Crippen LogP contribution is -2.47. The van der Waals surface area contributed by atoms with Gasteiger partial charge in [0.25, 0.3) is 10.2 Å². The molecular formula is C13H26ClN3O2S. The van der Waals surface area contributed by atoms with Crippen LogP contribution in [0.1, 0.15) is 32.6 Å². The predicted octanol–water partition coefficient (Wildman–Crippen LogP) is 1.05. The Morgan fingerprint density at radius 1 is 1.05 bits per heavy atom. The third kappa shape index (κ3) is 2.86. The molecule has 7 heteroatoms. The smallest absolute Gasteiger partial charge is 0.282 e. The second-order valence-corrected chi connectivity index (χ2v) is 8.52. The van der Waals surface area contributed by atoms with E-state index in [0.717, 1.165) is 25.7 Å². The maximum absolute atomic E-state index is 12.7. The van der Waals surface area contributed by atoms with Crippen molar-refractivity contribution in [2.45, 2.75) is 38.6 Å². The van der Waals surface area contributed by atoms with Crippen LogP contribution in [0.4, 0.5) is 0 Å². The van der Waals surface area contributed by atoms with Crippen molar-refractivity contribution in [3.05, 3.63) is 0 Å². The highest BCUT2D eigenvalue weighted by Gasteiger charge is 2.46. The first kappa shape index (κ1) is 16.5. The summed E-state index contributed by atoms with van der Waals surface area (Å²) < 4.78 is 28.7. The van der Waals surface area contributed by atoms with Gasteiger partial charge >= 0.3 is 0 Å². The molecule has 2 heterocycles. The zero-order chi connectivity index (χ0) is 13.6. The molecule has 2 aliphatic heterocycles. The van der Waals surface area contributed by atoms with Gasteiger partial charge in [0.15, 0.2) is 0 Å². The lowest BCUT2D eigenvalue weighted by molar-refractivity contribution is 0.261. The molecule has 1 saturated carbocycles. The van der Waals surface area contributed by atoms with Gasteiger partial charge in [0.05, 0.1) is 0 Å². The van der Waals surface area contributed by atoms with Crippen LogP contribution in [0.15, 0.2) is 0 Å². The van der Waals surface area contributed by atoms with Crippen molar-refractivity contribution in [2.24, 2.45) is 23.5 Å². The van der Waals surface area contributed by atoms with Crippen molar-refractivity contribution in [3.8, 4) is 0 Å². The van der Waals surface area contributed by atoms with Crippen molar-refractivity contribution < 1.29 is 8.42 Å². The van der Waals surface area contributed by atoms with Gasteiger partial charge in [0.1, 0.15) is 0 Å². The van der Waals surface area contributed by atoms with Crippen molar-refractivity contribution in [1.82, 2.24) is 8.61 Å². The number of nitrogens with zero attached hydrogens (tertiary/aromatic N) is 2. The Morgan fingerprint density at radius 2 is 1.80 bits per heavy atom. The van der Waals surface area contributed by atoms with E-state index in [1.54, 1.807) is 8.61 Å². The summed E-state index contributed by atoms with van der Waals surface area (Å²) in [5.74, 6) is 1.36. The fraction of sp³-hybridized carbons (Fsp3) is 1.00. The van der Waals surface area contributed by atoms with E-state index in [1.165, 1.54) is 0 Å². The minimum Gasteiger partial charge on any atom is -0.327 e. The summed E-state index contributed by atoms with van der Waals surface area (Å²) in [4.78, 5) is 0. The van der Waals surface area contributed by atoms with Crippen LogP contribution in [0.25, 0.3) is 0 Å². The number of piperidine rings is 1. The van der Waals surface area contributed by atoms with E-state index in [9.17, 15) is 8.42 Å². The first-order valence-electron chi connectivity index (χ1n) is 7.49. The molecule has 0 aromatic rings. The fourth-order valence-corrected chi connectivity index (χ4v) is 5.84. The van der Waals surface area contributed by atoms with Crippen molar-refractivity contribution in [1.29, 1.82) is 0 Å². The van der Waals surface area contributed by atoms with E-state index in [1.807, 2.05) is 0 Å². The molecule has 1 aliphatic carbocycles. The van der Waals surface area contributed by atoms with E-state index in [-0.39, 0.29) is 18.4 Å². The molecule has 3 aliphatic rings. The molecule has 0 aromatic heterocycles. The summed E-state index contributed by atoms with van der Waals surface area (Å²) in [7, 11) is -3.25. The zero-order valence-electron chi connectivity index (χ0n) is 12.1. The summed E-state index contributed by atoms with van der Waals surface area (Å²) in [6, 6.07) is 0.200. The van der Waals surface area contributed by atoms with Gasteiger partial charge in [-0.3, -0.25) is 0 Å². The summed E-state index contributed by atoms with van der Waals surface area (Å²) in [6.45, 7) is 4.83. The SMILES string of the molecule is CC1CCCN(S(=O)(=O)N2CC3CCC(N)C3C2)C1.Cl. The fourth-order valence-electron chi connectivity index (χ4n) is 3.97. The van der Waals surface area contributed by atoms with Gasteiger partial charge < -0.3 is 5.73 Å². The Bertz CT molecular complexity index is 445. The normalized spacial score (nSPS) is 39.5. The van der Waals surface area contributed by atoms with Crippen LogP contribution in [-0.4, -0.2) is 49.2 Å². The third-order valence-corrected chi connectivity index (χ3v) is 7.09. The van der Waals surface area contributed by atoms with E-state index >= 15 is 0 Å². The van der Waals surface area contributed by atoms with Crippen molar-refractivity contribution in [3.63, 3.8) is 0 Å². The van der Waals surface area contributed by atoms with Crippen molar-refractivity contribution in [2.75, 3.05) is 26.2 Å². The molecule has 2 N–H and O–H groups in total. The zero-order valence-corrected chi connectivity index (χ0v) is 13.7.